The third-order valence-electron chi connectivity index (χ3n) is 4.21. The number of amides is 1. The summed E-state index contributed by atoms with van der Waals surface area (Å²) in [5, 5.41) is 2.83. The Labute approximate surface area is 158 Å². The number of alkyl carbamates (subject to hydrolysis) is 1. The summed E-state index contributed by atoms with van der Waals surface area (Å²) in [7, 11) is 0. The third kappa shape index (κ3) is 10.7. The SMILES string of the molecule is CCCCCCCC[C@H](CC(=O)/C=C/c1ccccc1)NC(=O)OCC. The van der Waals surface area contributed by atoms with E-state index in [0.29, 0.717) is 13.0 Å². The number of unbranched alkanes of at least 4 members (excludes halogenated alkanes) is 5. The Morgan fingerprint density at radius 2 is 1.73 bits per heavy atom. The molecule has 1 aromatic carbocycles. The maximum atomic E-state index is 12.3. The molecule has 0 aliphatic heterocycles. The highest BCUT2D eigenvalue weighted by atomic mass is 16.5. The van der Waals surface area contributed by atoms with E-state index in [2.05, 4.69) is 12.2 Å². The monoisotopic (exact) mass is 359 g/mol. The zero-order valence-corrected chi connectivity index (χ0v) is 16.2. The largest absolute Gasteiger partial charge is 0.450 e. The van der Waals surface area contributed by atoms with Crippen LogP contribution in [0.3, 0.4) is 0 Å². The molecule has 1 atom stereocenters. The first-order valence-corrected chi connectivity index (χ1v) is 9.85. The van der Waals surface area contributed by atoms with Gasteiger partial charge in [-0.05, 0) is 25.0 Å². The third-order valence-corrected chi connectivity index (χ3v) is 4.21. The molecule has 1 rings (SSSR count). The number of hydrogen-bond donors (Lipinski definition) is 1. The number of hydrogen-bond acceptors (Lipinski definition) is 3. The average molecular weight is 360 g/mol. The highest BCUT2D eigenvalue weighted by molar-refractivity contribution is 5.94. The van der Waals surface area contributed by atoms with E-state index < -0.39 is 6.09 Å². The van der Waals surface area contributed by atoms with Crippen LogP contribution in [0.1, 0.15) is 70.8 Å². The van der Waals surface area contributed by atoms with Gasteiger partial charge in [0, 0.05) is 12.5 Å². The topological polar surface area (TPSA) is 55.4 Å². The molecule has 0 bridgehead atoms. The fraction of sp³-hybridized carbons (Fsp3) is 0.545. The Kier molecular flexibility index (Phi) is 11.9. The van der Waals surface area contributed by atoms with Gasteiger partial charge in [0.2, 0.25) is 0 Å². The second kappa shape index (κ2) is 14.1. The van der Waals surface area contributed by atoms with Crippen LogP contribution in [0.25, 0.3) is 6.08 Å². The first-order valence-electron chi connectivity index (χ1n) is 9.85. The summed E-state index contributed by atoms with van der Waals surface area (Å²) in [6, 6.07) is 9.55. The summed E-state index contributed by atoms with van der Waals surface area (Å²) >= 11 is 0. The predicted molar refractivity (Wildman–Crippen MR) is 107 cm³/mol. The fourth-order valence-corrected chi connectivity index (χ4v) is 2.80. The van der Waals surface area contributed by atoms with Gasteiger partial charge in [0.25, 0.3) is 0 Å². The number of carbonyl (C=O) groups is 2. The average Bonchev–Trinajstić information content (AvgIpc) is 2.64. The van der Waals surface area contributed by atoms with Crippen LogP contribution < -0.4 is 5.32 Å². The fourth-order valence-electron chi connectivity index (χ4n) is 2.80. The number of rotatable bonds is 13. The lowest BCUT2D eigenvalue weighted by Crippen LogP contribution is -2.36. The molecule has 0 aromatic heterocycles. The van der Waals surface area contributed by atoms with Gasteiger partial charge in [0.1, 0.15) is 0 Å². The Balaban J connectivity index is 2.47. The van der Waals surface area contributed by atoms with Crippen LogP contribution in [0.2, 0.25) is 0 Å². The molecular weight excluding hydrogens is 326 g/mol. The summed E-state index contributed by atoms with van der Waals surface area (Å²) in [5.74, 6) is 0.0154. The molecule has 1 N–H and O–H groups in total. The molecule has 144 valence electrons. The quantitative estimate of drug-likeness (QED) is 0.372. The van der Waals surface area contributed by atoms with Gasteiger partial charge in [-0.15, -0.1) is 0 Å². The van der Waals surface area contributed by atoms with Crippen molar-refractivity contribution in [2.24, 2.45) is 0 Å². The molecule has 26 heavy (non-hydrogen) atoms. The lowest BCUT2D eigenvalue weighted by Gasteiger charge is -2.17. The normalized spacial score (nSPS) is 12.1. The van der Waals surface area contributed by atoms with Crippen molar-refractivity contribution in [2.75, 3.05) is 6.61 Å². The van der Waals surface area contributed by atoms with E-state index in [9.17, 15) is 9.59 Å². The van der Waals surface area contributed by atoms with Gasteiger partial charge >= 0.3 is 6.09 Å². The van der Waals surface area contributed by atoms with Crippen molar-refractivity contribution in [1.82, 2.24) is 5.32 Å². The zero-order chi connectivity index (χ0) is 19.0. The molecule has 0 spiro atoms. The molecule has 0 heterocycles. The van der Waals surface area contributed by atoms with E-state index in [1.807, 2.05) is 36.4 Å². The maximum absolute atomic E-state index is 12.3. The van der Waals surface area contributed by atoms with E-state index in [1.165, 1.54) is 25.7 Å². The van der Waals surface area contributed by atoms with Gasteiger partial charge in [0.15, 0.2) is 5.78 Å². The van der Waals surface area contributed by atoms with Crippen molar-refractivity contribution in [3.05, 3.63) is 42.0 Å². The predicted octanol–water partition coefficient (Wildman–Crippen LogP) is 5.52. The van der Waals surface area contributed by atoms with Gasteiger partial charge in [-0.3, -0.25) is 4.79 Å². The lowest BCUT2D eigenvalue weighted by molar-refractivity contribution is -0.115. The van der Waals surface area contributed by atoms with Gasteiger partial charge in [-0.2, -0.15) is 0 Å². The Morgan fingerprint density at radius 3 is 2.42 bits per heavy atom. The number of carbonyl (C=O) groups excluding carboxylic acids is 2. The summed E-state index contributed by atoms with van der Waals surface area (Å²) < 4.78 is 4.96. The molecule has 4 nitrogen and oxygen atoms in total. The minimum absolute atomic E-state index is 0.0154. The minimum Gasteiger partial charge on any atom is -0.450 e. The van der Waals surface area contributed by atoms with Crippen molar-refractivity contribution in [3.8, 4) is 0 Å². The molecular formula is C22H33NO3. The molecule has 0 radical (unpaired) electrons. The van der Waals surface area contributed by atoms with E-state index in [-0.39, 0.29) is 11.8 Å². The summed E-state index contributed by atoms with van der Waals surface area (Å²) in [6.45, 7) is 4.31. The van der Waals surface area contributed by atoms with Crippen LogP contribution >= 0.6 is 0 Å². The number of nitrogens with one attached hydrogen (secondary N) is 1. The van der Waals surface area contributed by atoms with E-state index >= 15 is 0 Å². The second-order valence-electron chi connectivity index (χ2n) is 6.53. The van der Waals surface area contributed by atoms with Crippen molar-refractivity contribution in [2.45, 2.75) is 71.3 Å². The van der Waals surface area contributed by atoms with Crippen LogP contribution in [0.5, 0.6) is 0 Å². The molecule has 0 unspecified atom stereocenters. The number of allylic oxidation sites excluding steroid dienone is 1. The summed E-state index contributed by atoms with van der Waals surface area (Å²) in [4.78, 5) is 24.0. The molecule has 0 fully saturated rings. The molecule has 0 aliphatic carbocycles. The standard InChI is InChI=1S/C22H33NO3/c1-3-5-6-7-8-12-15-20(23-22(25)26-4-2)18-21(24)17-16-19-13-10-9-11-14-19/h9-11,13-14,16-17,20H,3-8,12,15,18H2,1-2H3,(H,23,25)/b17-16+/t20-/m1/s1. The van der Waals surface area contributed by atoms with Gasteiger partial charge in [-0.1, -0.05) is 81.9 Å². The lowest BCUT2D eigenvalue weighted by atomic mass is 10.0. The summed E-state index contributed by atoms with van der Waals surface area (Å²) in [6.07, 6.45) is 11.2. The number of benzene rings is 1. The maximum Gasteiger partial charge on any atom is 0.407 e. The first kappa shape index (κ1) is 21.9. The van der Waals surface area contributed by atoms with Crippen molar-refractivity contribution < 1.29 is 14.3 Å². The minimum atomic E-state index is -0.441. The smallest absolute Gasteiger partial charge is 0.407 e. The van der Waals surface area contributed by atoms with Gasteiger partial charge in [-0.25, -0.2) is 4.79 Å². The van der Waals surface area contributed by atoms with E-state index in [1.54, 1.807) is 13.0 Å². The molecule has 1 aromatic rings. The van der Waals surface area contributed by atoms with Crippen LogP contribution in [0, 0.1) is 0 Å². The summed E-state index contributed by atoms with van der Waals surface area (Å²) in [5.41, 5.74) is 0.992. The van der Waals surface area contributed by atoms with E-state index in [0.717, 1.165) is 24.8 Å². The molecule has 0 saturated heterocycles. The van der Waals surface area contributed by atoms with Gasteiger partial charge < -0.3 is 10.1 Å². The highest BCUT2D eigenvalue weighted by Crippen LogP contribution is 2.12. The van der Waals surface area contributed by atoms with Crippen LogP contribution in [0.15, 0.2) is 36.4 Å². The Morgan fingerprint density at radius 1 is 1.04 bits per heavy atom. The second-order valence-corrected chi connectivity index (χ2v) is 6.53. The highest BCUT2D eigenvalue weighted by Gasteiger charge is 2.15. The van der Waals surface area contributed by atoms with Crippen molar-refractivity contribution >= 4 is 18.0 Å². The van der Waals surface area contributed by atoms with Crippen LogP contribution in [0.4, 0.5) is 4.79 Å². The van der Waals surface area contributed by atoms with Crippen LogP contribution in [-0.2, 0) is 9.53 Å². The van der Waals surface area contributed by atoms with Crippen molar-refractivity contribution in [3.63, 3.8) is 0 Å². The van der Waals surface area contributed by atoms with Crippen molar-refractivity contribution in [1.29, 1.82) is 0 Å². The van der Waals surface area contributed by atoms with E-state index in [4.69, 9.17) is 4.74 Å². The number of ether oxygens (including phenoxy) is 1. The van der Waals surface area contributed by atoms with Crippen LogP contribution in [-0.4, -0.2) is 24.5 Å². The molecule has 0 aliphatic rings. The Bertz CT molecular complexity index is 540. The Hall–Kier alpha value is -2.10. The molecule has 0 saturated carbocycles. The van der Waals surface area contributed by atoms with Gasteiger partial charge in [0.05, 0.1) is 6.61 Å². The zero-order valence-electron chi connectivity index (χ0n) is 16.2. The molecule has 1 amide bonds. The first-order chi connectivity index (χ1) is 12.7. The molecule has 4 heteroatoms. The number of ketones is 1.